The first-order chi connectivity index (χ1) is 3.83. The number of hydrogen-bond acceptors (Lipinski definition) is 1. The Labute approximate surface area is 59.2 Å². The summed E-state index contributed by atoms with van der Waals surface area (Å²) in [4.78, 5) is 2.30. The van der Waals surface area contributed by atoms with E-state index in [1.807, 2.05) is 0 Å². The fourth-order valence-corrected chi connectivity index (χ4v) is 0.995. The average molecular weight is 178 g/mol. The summed E-state index contributed by atoms with van der Waals surface area (Å²) in [6, 6.07) is 0. The van der Waals surface area contributed by atoms with Crippen LogP contribution in [0.3, 0.4) is 0 Å². The molecule has 0 unspecified atom stereocenters. The lowest BCUT2D eigenvalue weighted by atomic mass is 10.4. The van der Waals surface area contributed by atoms with Crippen LogP contribution in [0.15, 0.2) is 0 Å². The minimum atomic E-state index is 1.02. The molecule has 0 bridgehead atoms. The van der Waals surface area contributed by atoms with Gasteiger partial charge in [0.2, 0.25) is 0 Å². The molecule has 8 heavy (non-hydrogen) atoms. The van der Waals surface area contributed by atoms with Crippen LogP contribution in [0.1, 0.15) is 12.8 Å². The Kier molecular flexibility index (Phi) is 2.32. The lowest BCUT2D eigenvalue weighted by molar-refractivity contribution is 0.378. The van der Waals surface area contributed by atoms with E-state index in [1.165, 1.54) is 19.4 Å². The first-order valence-corrected chi connectivity index (χ1v) is 4.19. The van der Waals surface area contributed by atoms with Crippen LogP contribution >= 0.6 is 15.9 Å². The molecule has 1 nitrogen and oxygen atoms in total. The van der Waals surface area contributed by atoms with E-state index in [2.05, 4.69) is 27.9 Å². The molecule has 0 radical (unpaired) electrons. The molecule has 0 N–H and O–H groups in total. The SMILES string of the molecule is CN(CBr)CC1CC1. The van der Waals surface area contributed by atoms with Crippen molar-refractivity contribution < 1.29 is 0 Å². The highest BCUT2D eigenvalue weighted by Crippen LogP contribution is 2.29. The van der Waals surface area contributed by atoms with Gasteiger partial charge in [-0.3, -0.25) is 4.90 Å². The summed E-state index contributed by atoms with van der Waals surface area (Å²) in [5.41, 5.74) is 1.02. The molecule has 0 amide bonds. The standard InChI is InChI=1S/C6H12BrN/c1-8(5-7)4-6-2-3-6/h6H,2-5H2,1H3. The van der Waals surface area contributed by atoms with Crippen molar-refractivity contribution in [2.75, 3.05) is 19.0 Å². The topological polar surface area (TPSA) is 3.24 Å². The van der Waals surface area contributed by atoms with E-state index in [-0.39, 0.29) is 0 Å². The Morgan fingerprint density at radius 1 is 1.62 bits per heavy atom. The molecule has 0 spiro atoms. The summed E-state index contributed by atoms with van der Waals surface area (Å²) in [5, 5.41) is 0. The zero-order valence-corrected chi connectivity index (χ0v) is 6.82. The van der Waals surface area contributed by atoms with Gasteiger partial charge in [-0.15, -0.1) is 0 Å². The van der Waals surface area contributed by atoms with Crippen LogP contribution in [0.25, 0.3) is 0 Å². The van der Waals surface area contributed by atoms with Gasteiger partial charge < -0.3 is 0 Å². The molecule has 2 heteroatoms. The fourth-order valence-electron chi connectivity index (χ4n) is 0.790. The largest absolute Gasteiger partial charge is 0.296 e. The normalized spacial score (nSPS) is 19.9. The maximum absolute atomic E-state index is 3.40. The van der Waals surface area contributed by atoms with Crippen molar-refractivity contribution in [2.24, 2.45) is 5.92 Å². The Morgan fingerprint density at radius 2 is 2.25 bits per heavy atom. The van der Waals surface area contributed by atoms with Gasteiger partial charge in [-0.05, 0) is 25.8 Å². The summed E-state index contributed by atoms with van der Waals surface area (Å²) < 4.78 is 0. The van der Waals surface area contributed by atoms with E-state index in [0.29, 0.717) is 0 Å². The maximum atomic E-state index is 3.40. The number of halogens is 1. The van der Waals surface area contributed by atoms with Crippen molar-refractivity contribution in [2.45, 2.75) is 12.8 Å². The first-order valence-electron chi connectivity index (χ1n) is 3.07. The van der Waals surface area contributed by atoms with E-state index < -0.39 is 0 Å². The third-order valence-corrected chi connectivity index (χ3v) is 2.33. The van der Waals surface area contributed by atoms with Crippen LogP contribution in [0, 0.1) is 5.92 Å². The zero-order chi connectivity index (χ0) is 5.98. The van der Waals surface area contributed by atoms with E-state index in [0.717, 1.165) is 11.4 Å². The molecule has 1 aliphatic rings. The highest BCUT2D eigenvalue weighted by molar-refractivity contribution is 9.09. The second kappa shape index (κ2) is 2.83. The van der Waals surface area contributed by atoms with Gasteiger partial charge in [-0.1, -0.05) is 15.9 Å². The van der Waals surface area contributed by atoms with E-state index in [1.54, 1.807) is 0 Å². The molecule has 0 aromatic rings. The van der Waals surface area contributed by atoms with Gasteiger partial charge in [0.25, 0.3) is 0 Å². The highest BCUT2D eigenvalue weighted by Gasteiger charge is 2.21. The number of alkyl halides is 1. The molecule has 0 saturated heterocycles. The Morgan fingerprint density at radius 3 is 2.62 bits per heavy atom. The van der Waals surface area contributed by atoms with Crippen molar-refractivity contribution in [3.63, 3.8) is 0 Å². The monoisotopic (exact) mass is 177 g/mol. The summed E-state index contributed by atoms with van der Waals surface area (Å²) in [7, 11) is 2.15. The van der Waals surface area contributed by atoms with Crippen LogP contribution in [-0.4, -0.2) is 23.9 Å². The molecule has 0 aromatic carbocycles. The van der Waals surface area contributed by atoms with Crippen LogP contribution in [0.4, 0.5) is 0 Å². The molecule has 0 heterocycles. The van der Waals surface area contributed by atoms with Gasteiger partial charge in [0, 0.05) is 6.54 Å². The smallest absolute Gasteiger partial charge is 0.0539 e. The van der Waals surface area contributed by atoms with Crippen LogP contribution < -0.4 is 0 Å². The molecule has 0 atom stereocenters. The van der Waals surface area contributed by atoms with Crippen LogP contribution in [-0.2, 0) is 0 Å². The first kappa shape index (κ1) is 6.56. The summed E-state index contributed by atoms with van der Waals surface area (Å²) >= 11 is 3.40. The lowest BCUT2D eigenvalue weighted by Gasteiger charge is -2.10. The molecular weight excluding hydrogens is 166 g/mol. The minimum absolute atomic E-state index is 1.02. The van der Waals surface area contributed by atoms with Crippen LogP contribution in [0.2, 0.25) is 0 Å². The van der Waals surface area contributed by atoms with Gasteiger partial charge >= 0.3 is 0 Å². The molecule has 48 valence electrons. The molecule has 1 rings (SSSR count). The minimum Gasteiger partial charge on any atom is -0.296 e. The van der Waals surface area contributed by atoms with Gasteiger partial charge in [-0.2, -0.15) is 0 Å². The highest BCUT2D eigenvalue weighted by atomic mass is 79.9. The van der Waals surface area contributed by atoms with Gasteiger partial charge in [0.05, 0.1) is 5.45 Å². The lowest BCUT2D eigenvalue weighted by Crippen LogP contribution is -2.18. The Balaban J connectivity index is 1.98. The number of hydrogen-bond donors (Lipinski definition) is 0. The summed E-state index contributed by atoms with van der Waals surface area (Å²) in [5.74, 6) is 1.03. The molecule has 0 aromatic heterocycles. The summed E-state index contributed by atoms with van der Waals surface area (Å²) in [6.07, 6.45) is 2.91. The van der Waals surface area contributed by atoms with E-state index in [9.17, 15) is 0 Å². The maximum Gasteiger partial charge on any atom is 0.0539 e. The van der Waals surface area contributed by atoms with Gasteiger partial charge in [0.1, 0.15) is 0 Å². The number of nitrogens with zero attached hydrogens (tertiary/aromatic N) is 1. The van der Waals surface area contributed by atoms with Gasteiger partial charge in [0.15, 0.2) is 0 Å². The zero-order valence-electron chi connectivity index (χ0n) is 5.23. The van der Waals surface area contributed by atoms with E-state index in [4.69, 9.17) is 0 Å². The molecule has 0 aliphatic heterocycles. The Hall–Kier alpha value is 0.440. The molecule has 1 aliphatic carbocycles. The van der Waals surface area contributed by atoms with Crippen molar-refractivity contribution in [1.82, 2.24) is 4.90 Å². The molecule has 1 saturated carbocycles. The predicted molar refractivity (Wildman–Crippen MR) is 39.1 cm³/mol. The van der Waals surface area contributed by atoms with Crippen molar-refractivity contribution in [1.29, 1.82) is 0 Å². The number of rotatable bonds is 3. The Bertz CT molecular complexity index is 70.9. The predicted octanol–water partition coefficient (Wildman–Crippen LogP) is 1.68. The second-order valence-corrected chi connectivity index (χ2v) is 3.10. The van der Waals surface area contributed by atoms with Crippen molar-refractivity contribution in [3.05, 3.63) is 0 Å². The van der Waals surface area contributed by atoms with Crippen LogP contribution in [0.5, 0.6) is 0 Å². The van der Waals surface area contributed by atoms with E-state index >= 15 is 0 Å². The third-order valence-electron chi connectivity index (χ3n) is 1.47. The third kappa shape index (κ3) is 2.14. The van der Waals surface area contributed by atoms with Gasteiger partial charge in [-0.25, -0.2) is 0 Å². The van der Waals surface area contributed by atoms with Crippen molar-refractivity contribution in [3.8, 4) is 0 Å². The molecule has 1 fully saturated rings. The average Bonchev–Trinajstić information content (AvgIpc) is 2.50. The second-order valence-electron chi connectivity index (χ2n) is 2.60. The molecular formula is C6H12BrN. The quantitative estimate of drug-likeness (QED) is 0.469. The summed E-state index contributed by atoms with van der Waals surface area (Å²) in [6.45, 7) is 1.28. The fraction of sp³-hybridized carbons (Fsp3) is 1.00. The van der Waals surface area contributed by atoms with Crippen molar-refractivity contribution >= 4 is 15.9 Å².